The molecule has 0 spiro atoms. The number of nitrogens with zero attached hydrogens (tertiary/aromatic N) is 1. The molecule has 0 aliphatic rings. The van der Waals surface area contributed by atoms with Crippen molar-refractivity contribution >= 4 is 18.0 Å². The lowest BCUT2D eigenvalue weighted by molar-refractivity contribution is -0.139. The molecule has 0 saturated heterocycles. The van der Waals surface area contributed by atoms with E-state index in [2.05, 4.69) is 11.9 Å². The second-order valence-electron chi connectivity index (χ2n) is 4.64. The van der Waals surface area contributed by atoms with Crippen LogP contribution in [0.5, 0.6) is 11.5 Å². The van der Waals surface area contributed by atoms with Gasteiger partial charge in [0, 0.05) is 12.6 Å². The largest absolute Gasteiger partial charge is 0.493 e. The molecule has 0 aliphatic carbocycles. The van der Waals surface area contributed by atoms with Crippen molar-refractivity contribution in [2.75, 3.05) is 20.8 Å². The molecule has 0 heterocycles. The van der Waals surface area contributed by atoms with Crippen LogP contribution in [0.15, 0.2) is 30.4 Å². The number of carbonyl (C=O) groups is 2. The van der Waals surface area contributed by atoms with Crippen LogP contribution in [-0.4, -0.2) is 37.7 Å². The van der Waals surface area contributed by atoms with Gasteiger partial charge in [0.1, 0.15) is 11.6 Å². The molecule has 1 rings (SSSR count). The first-order valence-corrected chi connectivity index (χ1v) is 6.97. The van der Waals surface area contributed by atoms with Gasteiger partial charge in [-0.3, -0.25) is 4.79 Å². The predicted octanol–water partition coefficient (Wildman–Crippen LogP) is 1.54. The summed E-state index contributed by atoms with van der Waals surface area (Å²) >= 11 is 0. The molecule has 24 heavy (non-hydrogen) atoms. The number of allylic oxidation sites excluding steroid dienone is 1. The fraction of sp³-hybridized carbons (Fsp3) is 0.235. The number of benzene rings is 1. The fourth-order valence-electron chi connectivity index (χ4n) is 1.97. The second-order valence-corrected chi connectivity index (χ2v) is 4.64. The minimum Gasteiger partial charge on any atom is -0.493 e. The molecule has 1 aromatic rings. The summed E-state index contributed by atoms with van der Waals surface area (Å²) < 4.78 is 10.5. The Morgan fingerprint density at radius 1 is 1.46 bits per heavy atom. The first-order chi connectivity index (χ1) is 11.5. The number of likely N-dealkylation sites (N-methyl/N-ethyl adjacent to an activating group) is 1. The highest BCUT2D eigenvalue weighted by Crippen LogP contribution is 2.34. The Hall–Kier alpha value is -3.27. The van der Waals surface area contributed by atoms with E-state index in [1.54, 1.807) is 18.2 Å². The van der Waals surface area contributed by atoms with Gasteiger partial charge in [-0.25, -0.2) is 4.79 Å². The lowest BCUT2D eigenvalue weighted by atomic mass is 10.0. The standard InChI is InChI=1S/C17H18N2O5/c1-4-5-12-6-11(7-13(9-18)17(22)19-2)8-14(23-3)16(12)24-10-15(20)21/h4,6-8H,1,5,10H2,2-3H3,(H,19,22)(H,20,21)/b13-7-. The van der Waals surface area contributed by atoms with E-state index in [9.17, 15) is 9.59 Å². The number of amides is 1. The van der Waals surface area contributed by atoms with E-state index >= 15 is 0 Å². The van der Waals surface area contributed by atoms with Crippen LogP contribution in [0.25, 0.3) is 6.08 Å². The van der Waals surface area contributed by atoms with Crippen LogP contribution in [0.4, 0.5) is 0 Å². The van der Waals surface area contributed by atoms with Crippen molar-refractivity contribution in [3.05, 3.63) is 41.5 Å². The van der Waals surface area contributed by atoms with Crippen LogP contribution in [0.3, 0.4) is 0 Å². The normalized spacial score (nSPS) is 10.5. The maximum absolute atomic E-state index is 11.6. The Morgan fingerprint density at radius 2 is 2.17 bits per heavy atom. The number of aliphatic carboxylic acids is 1. The summed E-state index contributed by atoms with van der Waals surface area (Å²) in [7, 11) is 2.85. The minimum absolute atomic E-state index is 0.0664. The zero-order valence-electron chi connectivity index (χ0n) is 13.5. The number of carbonyl (C=O) groups excluding carboxylic acids is 1. The Labute approximate surface area is 139 Å². The number of nitrogens with one attached hydrogen (secondary N) is 1. The molecule has 7 nitrogen and oxygen atoms in total. The van der Waals surface area contributed by atoms with E-state index in [-0.39, 0.29) is 11.3 Å². The number of carboxylic acid groups (broad SMARTS) is 1. The molecule has 1 aromatic carbocycles. The Morgan fingerprint density at radius 3 is 2.67 bits per heavy atom. The average molecular weight is 330 g/mol. The van der Waals surface area contributed by atoms with Gasteiger partial charge in [0.15, 0.2) is 18.1 Å². The van der Waals surface area contributed by atoms with E-state index < -0.39 is 18.5 Å². The van der Waals surface area contributed by atoms with Crippen LogP contribution in [0.1, 0.15) is 11.1 Å². The summed E-state index contributed by atoms with van der Waals surface area (Å²) in [5.41, 5.74) is 1.11. The van der Waals surface area contributed by atoms with Gasteiger partial charge < -0.3 is 19.9 Å². The van der Waals surface area contributed by atoms with Crippen LogP contribution >= 0.6 is 0 Å². The maximum Gasteiger partial charge on any atom is 0.341 e. The molecular formula is C17H18N2O5. The molecule has 2 N–H and O–H groups in total. The van der Waals surface area contributed by atoms with Crippen molar-refractivity contribution in [1.29, 1.82) is 5.26 Å². The summed E-state index contributed by atoms with van der Waals surface area (Å²) in [4.78, 5) is 22.3. The number of rotatable bonds is 8. The third kappa shape index (κ3) is 4.88. The van der Waals surface area contributed by atoms with Gasteiger partial charge in [-0.1, -0.05) is 6.08 Å². The van der Waals surface area contributed by atoms with Gasteiger partial charge in [-0.15, -0.1) is 6.58 Å². The highest BCUT2D eigenvalue weighted by Gasteiger charge is 2.15. The van der Waals surface area contributed by atoms with E-state index in [0.717, 1.165) is 0 Å². The molecule has 0 radical (unpaired) electrons. The Bertz CT molecular complexity index is 716. The van der Waals surface area contributed by atoms with Crippen molar-refractivity contribution in [2.45, 2.75) is 6.42 Å². The quantitative estimate of drug-likeness (QED) is 0.425. The SMILES string of the molecule is C=CCc1cc(/C=C(/C#N)C(=O)NC)cc(OC)c1OCC(=O)O. The van der Waals surface area contributed by atoms with E-state index in [1.807, 2.05) is 6.07 Å². The third-order valence-corrected chi connectivity index (χ3v) is 2.98. The number of carboxylic acids is 1. The summed E-state index contributed by atoms with van der Waals surface area (Å²) in [6.07, 6.45) is 3.43. The number of nitriles is 1. The van der Waals surface area contributed by atoms with Crippen molar-refractivity contribution in [1.82, 2.24) is 5.32 Å². The number of hydrogen-bond acceptors (Lipinski definition) is 5. The zero-order valence-corrected chi connectivity index (χ0v) is 13.5. The van der Waals surface area contributed by atoms with Crippen LogP contribution in [0.2, 0.25) is 0 Å². The Kier molecular flexibility index (Phi) is 7.04. The van der Waals surface area contributed by atoms with Gasteiger partial charge in [0.05, 0.1) is 7.11 Å². The highest BCUT2D eigenvalue weighted by molar-refractivity contribution is 6.01. The molecule has 0 atom stereocenters. The molecule has 1 amide bonds. The monoisotopic (exact) mass is 330 g/mol. The molecular weight excluding hydrogens is 312 g/mol. The first-order valence-electron chi connectivity index (χ1n) is 6.97. The second kappa shape index (κ2) is 9.00. The van der Waals surface area contributed by atoms with Gasteiger partial charge in [-0.05, 0) is 30.2 Å². The molecule has 0 fully saturated rings. The van der Waals surface area contributed by atoms with Crippen LogP contribution in [-0.2, 0) is 16.0 Å². The fourth-order valence-corrected chi connectivity index (χ4v) is 1.97. The third-order valence-electron chi connectivity index (χ3n) is 2.98. The molecule has 126 valence electrons. The van der Waals surface area contributed by atoms with Crippen molar-refractivity contribution in [3.8, 4) is 17.6 Å². The highest BCUT2D eigenvalue weighted by atomic mass is 16.5. The summed E-state index contributed by atoms with van der Waals surface area (Å²) in [5, 5.41) is 20.2. The lowest BCUT2D eigenvalue weighted by Crippen LogP contribution is -2.19. The summed E-state index contributed by atoms with van der Waals surface area (Å²) in [5.74, 6) is -1.03. The summed E-state index contributed by atoms with van der Waals surface area (Å²) in [6, 6.07) is 5.07. The topological polar surface area (TPSA) is 109 Å². The van der Waals surface area contributed by atoms with E-state index in [4.69, 9.17) is 19.8 Å². The van der Waals surface area contributed by atoms with Crippen LogP contribution < -0.4 is 14.8 Å². The predicted molar refractivity (Wildman–Crippen MR) is 87.7 cm³/mol. The van der Waals surface area contributed by atoms with Crippen molar-refractivity contribution in [2.24, 2.45) is 0 Å². The molecule has 0 aromatic heterocycles. The lowest BCUT2D eigenvalue weighted by Gasteiger charge is -2.14. The Balaban J connectivity index is 3.39. The van der Waals surface area contributed by atoms with E-state index in [1.165, 1.54) is 20.2 Å². The smallest absolute Gasteiger partial charge is 0.341 e. The minimum atomic E-state index is -1.11. The molecule has 7 heteroatoms. The van der Waals surface area contributed by atoms with Gasteiger partial charge in [0.2, 0.25) is 0 Å². The number of ether oxygens (including phenoxy) is 2. The van der Waals surface area contributed by atoms with Gasteiger partial charge in [-0.2, -0.15) is 5.26 Å². The zero-order chi connectivity index (χ0) is 18.1. The molecule has 0 aliphatic heterocycles. The van der Waals surface area contributed by atoms with E-state index in [0.29, 0.717) is 23.3 Å². The average Bonchev–Trinajstić information content (AvgIpc) is 2.57. The molecule has 0 saturated carbocycles. The van der Waals surface area contributed by atoms with Crippen LogP contribution in [0, 0.1) is 11.3 Å². The number of methoxy groups -OCH3 is 1. The first kappa shape index (κ1) is 18.8. The molecule has 0 unspecified atom stereocenters. The van der Waals surface area contributed by atoms with Gasteiger partial charge >= 0.3 is 5.97 Å². The van der Waals surface area contributed by atoms with Crippen molar-refractivity contribution in [3.63, 3.8) is 0 Å². The molecule has 0 bridgehead atoms. The van der Waals surface area contributed by atoms with Gasteiger partial charge in [0.25, 0.3) is 5.91 Å². The number of hydrogen-bond donors (Lipinski definition) is 2. The van der Waals surface area contributed by atoms with Crippen molar-refractivity contribution < 1.29 is 24.2 Å². The summed E-state index contributed by atoms with van der Waals surface area (Å²) in [6.45, 7) is 3.14. The maximum atomic E-state index is 11.6.